The average molecular weight is 386 g/mol. The summed E-state index contributed by atoms with van der Waals surface area (Å²) in [5, 5.41) is 0. The van der Waals surface area contributed by atoms with Crippen molar-refractivity contribution in [2.75, 3.05) is 26.4 Å². The minimum atomic E-state index is -0.348. The molecule has 4 rings (SSSR count). The molecule has 2 atom stereocenters. The molecule has 3 aliphatic heterocycles. The smallest absolute Gasteiger partial charge is 0.231 e. The van der Waals surface area contributed by atoms with Gasteiger partial charge in [-0.3, -0.25) is 9.59 Å². The summed E-state index contributed by atoms with van der Waals surface area (Å²) in [5.74, 6) is 2.76. The van der Waals surface area contributed by atoms with E-state index in [1.807, 2.05) is 48.8 Å². The van der Waals surface area contributed by atoms with Crippen molar-refractivity contribution in [2.24, 2.45) is 17.3 Å². The Morgan fingerprint density at radius 3 is 2.64 bits per heavy atom. The number of nitrogens with zero attached hydrogens (tertiary/aromatic N) is 2. The molecule has 0 bridgehead atoms. The van der Waals surface area contributed by atoms with Crippen LogP contribution in [0, 0.1) is 17.3 Å². The third kappa shape index (κ3) is 3.82. The largest absolute Gasteiger partial charge is 0.454 e. The van der Waals surface area contributed by atoms with Gasteiger partial charge in [-0.05, 0) is 42.4 Å². The zero-order valence-corrected chi connectivity index (χ0v) is 17.1. The predicted octanol–water partition coefficient (Wildman–Crippen LogP) is 3.05. The highest BCUT2D eigenvalue weighted by Crippen LogP contribution is 2.36. The molecule has 0 N–H and O–H groups in total. The molecule has 2 saturated heterocycles. The van der Waals surface area contributed by atoms with E-state index < -0.39 is 0 Å². The van der Waals surface area contributed by atoms with Gasteiger partial charge >= 0.3 is 0 Å². The van der Waals surface area contributed by atoms with E-state index in [0.717, 1.165) is 49.5 Å². The number of benzene rings is 1. The van der Waals surface area contributed by atoms with Crippen LogP contribution in [0.3, 0.4) is 0 Å². The SMILES string of the molecule is CC(C)(C)C(=O)N1CC[C@@H]2CC(=O)N(Cc3ccc4c(c3)OCO4)CC[C@H]2C1. The Morgan fingerprint density at radius 2 is 1.86 bits per heavy atom. The average Bonchev–Trinajstić information content (AvgIpc) is 3.06. The molecule has 3 aliphatic rings. The highest BCUT2D eigenvalue weighted by molar-refractivity contribution is 5.81. The second-order valence-corrected chi connectivity index (χ2v) is 9.31. The Bertz CT molecular complexity index is 770. The van der Waals surface area contributed by atoms with Crippen LogP contribution in [0.5, 0.6) is 11.5 Å². The van der Waals surface area contributed by atoms with Crippen molar-refractivity contribution in [3.8, 4) is 11.5 Å². The third-order valence-corrected chi connectivity index (χ3v) is 6.19. The summed E-state index contributed by atoms with van der Waals surface area (Å²) < 4.78 is 10.8. The normalized spacial score (nSPS) is 24.8. The van der Waals surface area contributed by atoms with Gasteiger partial charge in [-0.15, -0.1) is 0 Å². The fraction of sp³-hybridized carbons (Fsp3) is 0.636. The zero-order chi connectivity index (χ0) is 19.9. The number of fused-ring (bicyclic) bond motifs is 2. The maximum Gasteiger partial charge on any atom is 0.231 e. The van der Waals surface area contributed by atoms with E-state index in [0.29, 0.717) is 24.8 Å². The van der Waals surface area contributed by atoms with Crippen LogP contribution in [0.1, 0.15) is 45.6 Å². The zero-order valence-electron chi connectivity index (χ0n) is 17.1. The van der Waals surface area contributed by atoms with E-state index in [-0.39, 0.29) is 24.0 Å². The van der Waals surface area contributed by atoms with Gasteiger partial charge in [0.2, 0.25) is 18.6 Å². The standard InChI is InChI=1S/C22H30N2O4/c1-22(2,3)21(26)24-9-6-16-11-20(25)23(8-7-17(16)13-24)12-15-4-5-18-19(10-15)28-14-27-18/h4-5,10,16-17H,6-9,11-14H2,1-3H3/t16-,17+/m1/s1. The number of hydrogen-bond donors (Lipinski definition) is 0. The van der Waals surface area contributed by atoms with Crippen molar-refractivity contribution in [3.05, 3.63) is 23.8 Å². The fourth-order valence-corrected chi connectivity index (χ4v) is 4.56. The number of carbonyl (C=O) groups is 2. The molecule has 0 aliphatic carbocycles. The van der Waals surface area contributed by atoms with Crippen LogP contribution in [0.2, 0.25) is 0 Å². The Hall–Kier alpha value is -2.24. The van der Waals surface area contributed by atoms with E-state index in [9.17, 15) is 9.59 Å². The van der Waals surface area contributed by atoms with Crippen LogP contribution in [0.25, 0.3) is 0 Å². The van der Waals surface area contributed by atoms with Crippen LogP contribution < -0.4 is 9.47 Å². The highest BCUT2D eigenvalue weighted by Gasteiger charge is 2.38. The Labute approximate surface area is 166 Å². The number of likely N-dealkylation sites (tertiary alicyclic amines) is 2. The van der Waals surface area contributed by atoms with Crippen LogP contribution >= 0.6 is 0 Å². The van der Waals surface area contributed by atoms with Gasteiger partial charge in [-0.1, -0.05) is 26.8 Å². The lowest BCUT2D eigenvalue weighted by molar-refractivity contribution is -0.142. The molecule has 0 radical (unpaired) electrons. The van der Waals surface area contributed by atoms with Crippen molar-refractivity contribution in [1.82, 2.24) is 9.80 Å². The molecule has 6 heteroatoms. The van der Waals surface area contributed by atoms with Crippen LogP contribution in [0.4, 0.5) is 0 Å². The summed E-state index contributed by atoms with van der Waals surface area (Å²) in [6.45, 7) is 9.08. The van der Waals surface area contributed by atoms with Crippen LogP contribution in [0.15, 0.2) is 18.2 Å². The molecule has 0 aromatic heterocycles. The second-order valence-electron chi connectivity index (χ2n) is 9.31. The summed E-state index contributed by atoms with van der Waals surface area (Å²) in [7, 11) is 0. The first-order valence-corrected chi connectivity index (χ1v) is 10.3. The number of hydrogen-bond acceptors (Lipinski definition) is 4. The summed E-state index contributed by atoms with van der Waals surface area (Å²) in [5.41, 5.74) is 0.714. The minimum absolute atomic E-state index is 0.221. The molecular weight excluding hydrogens is 356 g/mol. The van der Waals surface area contributed by atoms with Crippen molar-refractivity contribution < 1.29 is 19.1 Å². The number of rotatable bonds is 2. The molecule has 0 unspecified atom stereocenters. The van der Waals surface area contributed by atoms with Gasteiger partial charge in [0.1, 0.15) is 0 Å². The third-order valence-electron chi connectivity index (χ3n) is 6.19. The van der Waals surface area contributed by atoms with E-state index in [1.165, 1.54) is 0 Å². The van der Waals surface area contributed by atoms with Gasteiger partial charge in [0, 0.05) is 38.0 Å². The molecule has 1 aromatic carbocycles. The molecule has 3 heterocycles. The Kier molecular flexibility index (Phi) is 4.98. The summed E-state index contributed by atoms with van der Waals surface area (Å²) in [6, 6.07) is 5.88. The molecular formula is C22H30N2O4. The molecule has 28 heavy (non-hydrogen) atoms. The number of piperidine rings is 1. The quantitative estimate of drug-likeness (QED) is 0.784. The molecule has 2 amide bonds. The minimum Gasteiger partial charge on any atom is -0.454 e. The monoisotopic (exact) mass is 386 g/mol. The Morgan fingerprint density at radius 1 is 1.11 bits per heavy atom. The van der Waals surface area contributed by atoms with Crippen molar-refractivity contribution in [3.63, 3.8) is 0 Å². The summed E-state index contributed by atoms with van der Waals surface area (Å²) >= 11 is 0. The van der Waals surface area contributed by atoms with Gasteiger partial charge in [0.15, 0.2) is 11.5 Å². The van der Waals surface area contributed by atoms with Gasteiger partial charge in [-0.25, -0.2) is 0 Å². The van der Waals surface area contributed by atoms with Crippen molar-refractivity contribution >= 4 is 11.8 Å². The number of amides is 2. The van der Waals surface area contributed by atoms with Crippen LogP contribution in [-0.2, 0) is 16.1 Å². The number of carbonyl (C=O) groups excluding carboxylic acids is 2. The van der Waals surface area contributed by atoms with Gasteiger partial charge in [0.05, 0.1) is 0 Å². The lowest BCUT2D eigenvalue weighted by atomic mass is 9.81. The maximum absolute atomic E-state index is 12.9. The molecule has 1 aromatic rings. The summed E-state index contributed by atoms with van der Waals surface area (Å²) in [4.78, 5) is 29.5. The lowest BCUT2D eigenvalue weighted by Gasteiger charge is -2.40. The van der Waals surface area contributed by atoms with Crippen LogP contribution in [-0.4, -0.2) is 48.0 Å². The highest BCUT2D eigenvalue weighted by atomic mass is 16.7. The predicted molar refractivity (Wildman–Crippen MR) is 105 cm³/mol. The first-order chi connectivity index (χ1) is 13.3. The van der Waals surface area contributed by atoms with Gasteiger partial charge in [-0.2, -0.15) is 0 Å². The molecule has 2 fully saturated rings. The topological polar surface area (TPSA) is 59.1 Å². The lowest BCUT2D eigenvalue weighted by Crippen LogP contribution is -2.47. The van der Waals surface area contributed by atoms with E-state index in [1.54, 1.807) is 0 Å². The molecule has 6 nitrogen and oxygen atoms in total. The van der Waals surface area contributed by atoms with Gasteiger partial charge in [0.25, 0.3) is 0 Å². The summed E-state index contributed by atoms with van der Waals surface area (Å²) in [6.07, 6.45) is 2.47. The maximum atomic E-state index is 12.9. The second kappa shape index (κ2) is 7.30. The van der Waals surface area contributed by atoms with E-state index in [4.69, 9.17) is 9.47 Å². The first kappa shape index (κ1) is 19.1. The van der Waals surface area contributed by atoms with E-state index >= 15 is 0 Å². The van der Waals surface area contributed by atoms with Crippen molar-refractivity contribution in [1.29, 1.82) is 0 Å². The molecule has 0 spiro atoms. The van der Waals surface area contributed by atoms with E-state index in [2.05, 4.69) is 0 Å². The van der Waals surface area contributed by atoms with Crippen molar-refractivity contribution in [2.45, 2.75) is 46.6 Å². The number of ether oxygens (including phenoxy) is 2. The molecule has 0 saturated carbocycles. The first-order valence-electron chi connectivity index (χ1n) is 10.3. The Balaban J connectivity index is 1.41. The fourth-order valence-electron chi connectivity index (χ4n) is 4.56. The van der Waals surface area contributed by atoms with Gasteiger partial charge < -0.3 is 19.3 Å². The molecule has 152 valence electrons.